The SMILES string of the molecule is COc1ccc(C)cc1C(C)NC(=O)CCCNC(=O)c1ccsc1. The van der Waals surface area contributed by atoms with Gasteiger partial charge in [0.2, 0.25) is 5.91 Å². The molecular weight excluding hydrogens is 336 g/mol. The maximum atomic E-state index is 12.1. The lowest BCUT2D eigenvalue weighted by molar-refractivity contribution is -0.121. The monoisotopic (exact) mass is 360 g/mol. The minimum atomic E-state index is -0.136. The maximum Gasteiger partial charge on any atom is 0.252 e. The van der Waals surface area contributed by atoms with Crippen molar-refractivity contribution >= 4 is 23.2 Å². The third-order valence-corrected chi connectivity index (χ3v) is 4.56. The number of ether oxygens (including phenoxy) is 1. The number of carbonyl (C=O) groups excluding carboxylic acids is 2. The van der Waals surface area contributed by atoms with Crippen molar-refractivity contribution < 1.29 is 14.3 Å². The number of aryl methyl sites for hydroxylation is 1. The summed E-state index contributed by atoms with van der Waals surface area (Å²) in [5.74, 6) is 0.627. The highest BCUT2D eigenvalue weighted by atomic mass is 32.1. The van der Waals surface area contributed by atoms with Crippen molar-refractivity contribution in [3.05, 3.63) is 51.7 Å². The van der Waals surface area contributed by atoms with Crippen molar-refractivity contribution in [2.24, 2.45) is 0 Å². The van der Waals surface area contributed by atoms with Gasteiger partial charge in [-0.1, -0.05) is 17.7 Å². The minimum Gasteiger partial charge on any atom is -0.496 e. The van der Waals surface area contributed by atoms with Gasteiger partial charge in [0, 0.05) is 29.5 Å². The molecule has 0 saturated carbocycles. The fraction of sp³-hybridized carbons (Fsp3) is 0.368. The molecule has 0 aliphatic heterocycles. The van der Waals surface area contributed by atoms with Crippen LogP contribution in [0.2, 0.25) is 0 Å². The molecule has 2 rings (SSSR count). The van der Waals surface area contributed by atoms with E-state index >= 15 is 0 Å². The Bertz CT molecular complexity index is 713. The van der Waals surface area contributed by atoms with Crippen LogP contribution in [0.25, 0.3) is 0 Å². The average molecular weight is 360 g/mol. The standard InChI is InChI=1S/C19H24N2O3S/c1-13-6-7-17(24-3)16(11-13)14(2)21-18(22)5-4-9-20-19(23)15-8-10-25-12-15/h6-8,10-12,14H,4-5,9H2,1-3H3,(H,20,23)(H,21,22). The molecule has 2 aromatic rings. The Hall–Kier alpha value is -2.34. The number of methoxy groups -OCH3 is 1. The molecule has 2 amide bonds. The molecule has 0 aliphatic rings. The lowest BCUT2D eigenvalue weighted by Gasteiger charge is -2.18. The summed E-state index contributed by atoms with van der Waals surface area (Å²) < 4.78 is 5.37. The van der Waals surface area contributed by atoms with E-state index in [0.717, 1.165) is 16.9 Å². The summed E-state index contributed by atoms with van der Waals surface area (Å²) in [6, 6.07) is 7.55. The summed E-state index contributed by atoms with van der Waals surface area (Å²) in [5.41, 5.74) is 2.74. The lowest BCUT2D eigenvalue weighted by atomic mass is 10.0. The molecule has 5 nitrogen and oxygen atoms in total. The topological polar surface area (TPSA) is 67.4 Å². The second kappa shape index (κ2) is 9.22. The first kappa shape index (κ1) is 19.0. The van der Waals surface area contributed by atoms with Crippen LogP contribution in [-0.4, -0.2) is 25.5 Å². The first-order valence-corrected chi connectivity index (χ1v) is 9.20. The molecule has 6 heteroatoms. The maximum absolute atomic E-state index is 12.1. The van der Waals surface area contributed by atoms with E-state index in [1.165, 1.54) is 11.3 Å². The molecule has 0 spiro atoms. The molecule has 0 aliphatic carbocycles. The predicted octanol–water partition coefficient (Wildman–Crippen LogP) is 3.45. The van der Waals surface area contributed by atoms with Crippen LogP contribution in [0.1, 0.15) is 47.3 Å². The Morgan fingerprint density at radius 1 is 1.28 bits per heavy atom. The van der Waals surface area contributed by atoms with Gasteiger partial charge in [0.1, 0.15) is 5.75 Å². The van der Waals surface area contributed by atoms with Crippen LogP contribution in [0.15, 0.2) is 35.0 Å². The van der Waals surface area contributed by atoms with Gasteiger partial charge in [-0.3, -0.25) is 9.59 Å². The average Bonchev–Trinajstić information content (AvgIpc) is 3.13. The van der Waals surface area contributed by atoms with Crippen molar-refractivity contribution in [2.75, 3.05) is 13.7 Å². The molecule has 1 heterocycles. The zero-order valence-corrected chi connectivity index (χ0v) is 15.6. The van der Waals surface area contributed by atoms with Crippen molar-refractivity contribution in [2.45, 2.75) is 32.7 Å². The molecule has 0 bridgehead atoms. The normalized spacial score (nSPS) is 11.6. The van der Waals surface area contributed by atoms with E-state index in [1.54, 1.807) is 18.6 Å². The fourth-order valence-corrected chi connectivity index (χ4v) is 3.17. The van der Waals surface area contributed by atoms with Crippen molar-refractivity contribution in [3.8, 4) is 5.75 Å². The molecule has 2 N–H and O–H groups in total. The van der Waals surface area contributed by atoms with Gasteiger partial charge in [0.15, 0.2) is 0 Å². The number of hydrogen-bond acceptors (Lipinski definition) is 4. The summed E-state index contributed by atoms with van der Waals surface area (Å²) in [6.07, 6.45) is 0.960. The van der Waals surface area contributed by atoms with Crippen LogP contribution in [0.3, 0.4) is 0 Å². The number of nitrogens with one attached hydrogen (secondary N) is 2. The van der Waals surface area contributed by atoms with E-state index in [-0.39, 0.29) is 17.9 Å². The molecule has 1 atom stereocenters. The van der Waals surface area contributed by atoms with Gasteiger partial charge >= 0.3 is 0 Å². The van der Waals surface area contributed by atoms with Gasteiger partial charge < -0.3 is 15.4 Å². The van der Waals surface area contributed by atoms with Gasteiger partial charge in [-0.15, -0.1) is 0 Å². The number of benzene rings is 1. The van der Waals surface area contributed by atoms with E-state index < -0.39 is 0 Å². The number of thiophene rings is 1. The van der Waals surface area contributed by atoms with E-state index in [9.17, 15) is 9.59 Å². The van der Waals surface area contributed by atoms with Crippen LogP contribution >= 0.6 is 11.3 Å². The van der Waals surface area contributed by atoms with E-state index in [1.807, 2.05) is 37.4 Å². The Labute approximate surface area is 152 Å². The van der Waals surface area contributed by atoms with Crippen LogP contribution in [0.4, 0.5) is 0 Å². The lowest BCUT2D eigenvalue weighted by Crippen LogP contribution is -2.29. The summed E-state index contributed by atoms with van der Waals surface area (Å²) in [4.78, 5) is 23.9. The molecule has 25 heavy (non-hydrogen) atoms. The summed E-state index contributed by atoms with van der Waals surface area (Å²) >= 11 is 1.49. The zero-order chi connectivity index (χ0) is 18.2. The third-order valence-electron chi connectivity index (χ3n) is 3.88. The van der Waals surface area contributed by atoms with Gasteiger partial charge in [-0.25, -0.2) is 0 Å². The van der Waals surface area contributed by atoms with Crippen molar-refractivity contribution in [1.29, 1.82) is 0 Å². The Balaban J connectivity index is 1.76. The summed E-state index contributed by atoms with van der Waals surface area (Å²) in [5, 5.41) is 9.47. The van der Waals surface area contributed by atoms with Gasteiger partial charge in [0.25, 0.3) is 5.91 Å². The predicted molar refractivity (Wildman–Crippen MR) is 100 cm³/mol. The molecule has 1 aromatic heterocycles. The van der Waals surface area contributed by atoms with Gasteiger partial charge in [0.05, 0.1) is 13.2 Å². The number of carbonyl (C=O) groups is 2. The summed E-state index contributed by atoms with van der Waals surface area (Å²) in [6.45, 7) is 4.42. The minimum absolute atomic E-state index is 0.0409. The second-order valence-electron chi connectivity index (χ2n) is 5.91. The number of amides is 2. The number of rotatable bonds is 8. The highest BCUT2D eigenvalue weighted by Gasteiger charge is 2.14. The first-order valence-electron chi connectivity index (χ1n) is 8.25. The molecule has 1 aromatic carbocycles. The van der Waals surface area contributed by atoms with Crippen LogP contribution in [0.5, 0.6) is 5.75 Å². The highest BCUT2D eigenvalue weighted by molar-refractivity contribution is 7.08. The molecule has 0 saturated heterocycles. The quantitative estimate of drug-likeness (QED) is 0.709. The highest BCUT2D eigenvalue weighted by Crippen LogP contribution is 2.26. The molecule has 0 fully saturated rings. The third kappa shape index (κ3) is 5.60. The van der Waals surface area contributed by atoms with Gasteiger partial charge in [-0.2, -0.15) is 11.3 Å². The fourth-order valence-electron chi connectivity index (χ4n) is 2.53. The number of hydrogen-bond donors (Lipinski definition) is 2. The summed E-state index contributed by atoms with van der Waals surface area (Å²) in [7, 11) is 1.62. The van der Waals surface area contributed by atoms with Crippen molar-refractivity contribution in [3.63, 3.8) is 0 Å². The Morgan fingerprint density at radius 2 is 2.08 bits per heavy atom. The molecule has 134 valence electrons. The molecular formula is C19H24N2O3S. The molecule has 0 radical (unpaired) electrons. The van der Waals surface area contributed by atoms with Crippen LogP contribution < -0.4 is 15.4 Å². The van der Waals surface area contributed by atoms with E-state index in [4.69, 9.17) is 4.74 Å². The van der Waals surface area contributed by atoms with Crippen LogP contribution in [0, 0.1) is 6.92 Å². The van der Waals surface area contributed by atoms with Gasteiger partial charge in [-0.05, 0) is 37.8 Å². The smallest absolute Gasteiger partial charge is 0.252 e. The Morgan fingerprint density at radius 3 is 2.76 bits per heavy atom. The van der Waals surface area contributed by atoms with E-state index in [0.29, 0.717) is 24.9 Å². The zero-order valence-electron chi connectivity index (χ0n) is 14.8. The van der Waals surface area contributed by atoms with E-state index in [2.05, 4.69) is 10.6 Å². The second-order valence-corrected chi connectivity index (χ2v) is 6.69. The van der Waals surface area contributed by atoms with Crippen LogP contribution in [-0.2, 0) is 4.79 Å². The Kier molecular flexibility index (Phi) is 7.01. The first-order chi connectivity index (χ1) is 12.0. The molecule has 1 unspecified atom stereocenters. The largest absolute Gasteiger partial charge is 0.496 e. The van der Waals surface area contributed by atoms with Crippen molar-refractivity contribution in [1.82, 2.24) is 10.6 Å².